The van der Waals surface area contributed by atoms with Crippen LogP contribution in [0.3, 0.4) is 0 Å². The molecule has 3 nitrogen and oxygen atoms in total. The molecule has 0 aliphatic heterocycles. The Hall–Kier alpha value is -1.27. The number of nitrogens with zero attached hydrogens (tertiary/aromatic N) is 2. The van der Waals surface area contributed by atoms with Crippen molar-refractivity contribution in [2.75, 3.05) is 0 Å². The monoisotopic (exact) mass is 163 g/mol. The van der Waals surface area contributed by atoms with E-state index in [9.17, 15) is 0 Å². The number of nitrogens with two attached hydrogens (primary N) is 1. The van der Waals surface area contributed by atoms with Crippen LogP contribution in [-0.4, -0.2) is 9.55 Å². The zero-order chi connectivity index (χ0) is 8.97. The summed E-state index contributed by atoms with van der Waals surface area (Å²) in [7, 11) is 0. The van der Waals surface area contributed by atoms with Gasteiger partial charge in [0.15, 0.2) is 0 Å². The van der Waals surface area contributed by atoms with Gasteiger partial charge in [-0.25, -0.2) is 4.98 Å². The van der Waals surface area contributed by atoms with E-state index in [0.29, 0.717) is 0 Å². The van der Waals surface area contributed by atoms with Crippen molar-refractivity contribution in [2.24, 2.45) is 5.73 Å². The van der Waals surface area contributed by atoms with Crippen LogP contribution in [-0.2, 0) is 6.54 Å². The van der Waals surface area contributed by atoms with E-state index in [4.69, 9.17) is 12.2 Å². The molecule has 0 unspecified atom stereocenters. The summed E-state index contributed by atoms with van der Waals surface area (Å²) in [5, 5.41) is 0. The van der Waals surface area contributed by atoms with Gasteiger partial charge >= 0.3 is 0 Å². The SMILES string of the molecule is C#CCCn1cncc1[C@@H](C)N. The van der Waals surface area contributed by atoms with Gasteiger partial charge in [0.1, 0.15) is 0 Å². The van der Waals surface area contributed by atoms with Crippen LogP contribution in [0.2, 0.25) is 0 Å². The zero-order valence-corrected chi connectivity index (χ0v) is 7.20. The number of aryl methyl sites for hydroxylation is 1. The highest BCUT2D eigenvalue weighted by atomic mass is 15.1. The van der Waals surface area contributed by atoms with Gasteiger partial charge in [0.05, 0.1) is 12.0 Å². The lowest BCUT2D eigenvalue weighted by atomic mass is 10.2. The molecule has 0 radical (unpaired) electrons. The minimum absolute atomic E-state index is 0.0188. The summed E-state index contributed by atoms with van der Waals surface area (Å²) in [5.74, 6) is 2.58. The topological polar surface area (TPSA) is 43.8 Å². The Morgan fingerprint density at radius 3 is 3.17 bits per heavy atom. The lowest BCUT2D eigenvalue weighted by Crippen LogP contribution is -2.11. The first-order valence-corrected chi connectivity index (χ1v) is 3.94. The Bertz CT molecular complexity index is 280. The summed E-state index contributed by atoms with van der Waals surface area (Å²) in [6, 6.07) is 0.0188. The Balaban J connectivity index is 2.72. The van der Waals surface area contributed by atoms with E-state index in [-0.39, 0.29) is 6.04 Å². The molecule has 1 aromatic rings. The summed E-state index contributed by atoms with van der Waals surface area (Å²) >= 11 is 0. The van der Waals surface area contributed by atoms with Crippen molar-refractivity contribution in [3.8, 4) is 12.3 Å². The summed E-state index contributed by atoms with van der Waals surface area (Å²) in [6.07, 6.45) is 9.41. The van der Waals surface area contributed by atoms with Gasteiger partial charge in [-0.1, -0.05) is 0 Å². The van der Waals surface area contributed by atoms with Gasteiger partial charge in [0, 0.05) is 25.2 Å². The van der Waals surface area contributed by atoms with Crippen molar-refractivity contribution in [1.82, 2.24) is 9.55 Å². The molecule has 0 spiro atoms. The van der Waals surface area contributed by atoms with Crippen LogP contribution in [0.5, 0.6) is 0 Å². The van der Waals surface area contributed by atoms with E-state index in [0.717, 1.165) is 18.7 Å². The standard InChI is InChI=1S/C9H13N3/c1-3-4-5-12-7-11-6-9(12)8(2)10/h1,6-8H,4-5,10H2,2H3/t8-/m1/s1. The number of hydrogen-bond acceptors (Lipinski definition) is 2. The fourth-order valence-electron chi connectivity index (χ4n) is 1.08. The predicted molar refractivity (Wildman–Crippen MR) is 48.3 cm³/mol. The van der Waals surface area contributed by atoms with E-state index in [1.807, 2.05) is 11.5 Å². The molecular weight excluding hydrogens is 150 g/mol. The minimum Gasteiger partial charge on any atom is -0.332 e. The molecule has 0 saturated heterocycles. The van der Waals surface area contributed by atoms with E-state index < -0.39 is 0 Å². The first-order valence-electron chi connectivity index (χ1n) is 3.94. The number of aromatic nitrogens is 2. The molecule has 64 valence electrons. The van der Waals surface area contributed by atoms with Crippen molar-refractivity contribution in [3.05, 3.63) is 18.2 Å². The van der Waals surface area contributed by atoms with Crippen molar-refractivity contribution >= 4 is 0 Å². The smallest absolute Gasteiger partial charge is 0.0948 e. The van der Waals surface area contributed by atoms with Crippen molar-refractivity contribution in [2.45, 2.75) is 25.9 Å². The maximum Gasteiger partial charge on any atom is 0.0948 e. The number of rotatable bonds is 3. The van der Waals surface area contributed by atoms with Crippen LogP contribution >= 0.6 is 0 Å². The summed E-state index contributed by atoms with van der Waals surface area (Å²) in [5.41, 5.74) is 6.75. The Kier molecular flexibility index (Phi) is 2.89. The molecule has 1 aromatic heterocycles. The molecule has 3 heteroatoms. The second-order valence-corrected chi connectivity index (χ2v) is 2.75. The Labute approximate surface area is 72.6 Å². The third-order valence-corrected chi connectivity index (χ3v) is 1.71. The summed E-state index contributed by atoms with van der Waals surface area (Å²) in [6.45, 7) is 2.73. The molecule has 1 atom stereocenters. The van der Waals surface area contributed by atoms with Gasteiger partial charge in [-0.3, -0.25) is 0 Å². The highest BCUT2D eigenvalue weighted by molar-refractivity contribution is 5.03. The van der Waals surface area contributed by atoms with Crippen LogP contribution in [0.1, 0.15) is 25.1 Å². The second kappa shape index (κ2) is 3.93. The largest absolute Gasteiger partial charge is 0.332 e. The Morgan fingerprint density at radius 1 is 1.83 bits per heavy atom. The molecule has 0 saturated carbocycles. The lowest BCUT2D eigenvalue weighted by molar-refractivity contribution is 0.636. The molecule has 0 aliphatic carbocycles. The zero-order valence-electron chi connectivity index (χ0n) is 7.20. The van der Waals surface area contributed by atoms with Gasteiger partial charge in [-0.15, -0.1) is 12.3 Å². The maximum atomic E-state index is 5.72. The van der Waals surface area contributed by atoms with Crippen molar-refractivity contribution < 1.29 is 0 Å². The molecule has 0 bridgehead atoms. The van der Waals surface area contributed by atoms with Gasteiger partial charge in [-0.2, -0.15) is 0 Å². The first-order chi connectivity index (χ1) is 5.75. The van der Waals surface area contributed by atoms with Gasteiger partial charge in [0.2, 0.25) is 0 Å². The Morgan fingerprint density at radius 2 is 2.58 bits per heavy atom. The third-order valence-electron chi connectivity index (χ3n) is 1.71. The fourth-order valence-corrected chi connectivity index (χ4v) is 1.08. The quantitative estimate of drug-likeness (QED) is 0.673. The van der Waals surface area contributed by atoms with E-state index in [2.05, 4.69) is 10.9 Å². The molecule has 0 amide bonds. The second-order valence-electron chi connectivity index (χ2n) is 2.75. The van der Waals surface area contributed by atoms with Gasteiger partial charge in [-0.05, 0) is 6.92 Å². The molecule has 2 N–H and O–H groups in total. The average Bonchev–Trinajstić information content (AvgIpc) is 2.48. The third kappa shape index (κ3) is 1.86. The van der Waals surface area contributed by atoms with E-state index in [1.165, 1.54) is 0 Å². The molecule has 0 fully saturated rings. The van der Waals surface area contributed by atoms with Gasteiger partial charge in [0.25, 0.3) is 0 Å². The number of terminal acetylenes is 1. The van der Waals surface area contributed by atoms with Crippen molar-refractivity contribution in [1.29, 1.82) is 0 Å². The maximum absolute atomic E-state index is 5.72. The predicted octanol–water partition coefficient (Wildman–Crippen LogP) is 0.926. The molecule has 1 heterocycles. The molecular formula is C9H13N3. The van der Waals surface area contributed by atoms with Crippen LogP contribution in [0.4, 0.5) is 0 Å². The van der Waals surface area contributed by atoms with Crippen LogP contribution in [0.15, 0.2) is 12.5 Å². The minimum atomic E-state index is 0.0188. The highest BCUT2D eigenvalue weighted by Crippen LogP contribution is 2.08. The summed E-state index contributed by atoms with van der Waals surface area (Å²) in [4.78, 5) is 4.01. The molecule has 0 aliphatic rings. The molecule has 0 aromatic carbocycles. The van der Waals surface area contributed by atoms with E-state index in [1.54, 1.807) is 12.5 Å². The average molecular weight is 163 g/mol. The number of hydrogen-bond donors (Lipinski definition) is 1. The fraction of sp³-hybridized carbons (Fsp3) is 0.444. The first kappa shape index (κ1) is 8.82. The summed E-state index contributed by atoms with van der Waals surface area (Å²) < 4.78 is 1.99. The van der Waals surface area contributed by atoms with Crippen LogP contribution in [0.25, 0.3) is 0 Å². The van der Waals surface area contributed by atoms with Crippen molar-refractivity contribution in [3.63, 3.8) is 0 Å². The van der Waals surface area contributed by atoms with Crippen LogP contribution in [0, 0.1) is 12.3 Å². The van der Waals surface area contributed by atoms with Gasteiger partial charge < -0.3 is 10.3 Å². The number of imidazole rings is 1. The van der Waals surface area contributed by atoms with E-state index >= 15 is 0 Å². The highest BCUT2D eigenvalue weighted by Gasteiger charge is 2.04. The normalized spacial score (nSPS) is 12.4. The molecule has 12 heavy (non-hydrogen) atoms. The molecule has 1 rings (SSSR count). The van der Waals surface area contributed by atoms with Crippen LogP contribution < -0.4 is 5.73 Å². The lowest BCUT2D eigenvalue weighted by Gasteiger charge is -2.08.